The van der Waals surface area contributed by atoms with E-state index in [-0.39, 0.29) is 11.9 Å². The SMILES string of the molecule is NC(=O)[C@@H]1CCCN1C1CCN(Cc2cccc3ccccc23)CC1. The van der Waals surface area contributed by atoms with Crippen molar-refractivity contribution in [3.05, 3.63) is 48.0 Å². The molecule has 0 radical (unpaired) electrons. The van der Waals surface area contributed by atoms with Gasteiger partial charge in [0.1, 0.15) is 0 Å². The van der Waals surface area contributed by atoms with Crippen LogP contribution in [0.2, 0.25) is 0 Å². The van der Waals surface area contributed by atoms with Crippen molar-refractivity contribution in [2.75, 3.05) is 19.6 Å². The zero-order valence-corrected chi connectivity index (χ0v) is 14.7. The Labute approximate surface area is 149 Å². The van der Waals surface area contributed by atoms with Gasteiger partial charge in [-0.2, -0.15) is 0 Å². The fraction of sp³-hybridized carbons (Fsp3) is 0.476. The highest BCUT2D eigenvalue weighted by Crippen LogP contribution is 2.27. The summed E-state index contributed by atoms with van der Waals surface area (Å²) in [7, 11) is 0. The number of benzene rings is 2. The van der Waals surface area contributed by atoms with Gasteiger partial charge < -0.3 is 5.73 Å². The van der Waals surface area contributed by atoms with E-state index < -0.39 is 0 Å². The third kappa shape index (κ3) is 3.42. The first-order chi connectivity index (χ1) is 12.2. The first kappa shape index (κ1) is 16.6. The van der Waals surface area contributed by atoms with Gasteiger partial charge in [0, 0.05) is 12.6 Å². The fourth-order valence-corrected chi connectivity index (χ4v) is 4.61. The van der Waals surface area contributed by atoms with Gasteiger partial charge >= 0.3 is 0 Å². The van der Waals surface area contributed by atoms with E-state index in [1.54, 1.807) is 0 Å². The van der Waals surface area contributed by atoms with Crippen molar-refractivity contribution in [1.82, 2.24) is 9.80 Å². The molecular formula is C21H27N3O. The third-order valence-corrected chi connectivity index (χ3v) is 5.92. The average molecular weight is 337 g/mol. The molecule has 0 saturated carbocycles. The number of piperidine rings is 1. The molecule has 4 heteroatoms. The van der Waals surface area contributed by atoms with Crippen molar-refractivity contribution in [3.8, 4) is 0 Å². The number of likely N-dealkylation sites (tertiary alicyclic amines) is 2. The number of fused-ring (bicyclic) bond motifs is 1. The van der Waals surface area contributed by atoms with Gasteiger partial charge in [-0.25, -0.2) is 0 Å². The Bertz CT molecular complexity index is 746. The minimum absolute atomic E-state index is 0.0328. The molecule has 1 atom stereocenters. The van der Waals surface area contributed by atoms with Gasteiger partial charge in [-0.3, -0.25) is 14.6 Å². The van der Waals surface area contributed by atoms with E-state index in [0.29, 0.717) is 6.04 Å². The first-order valence-corrected chi connectivity index (χ1v) is 9.46. The topological polar surface area (TPSA) is 49.6 Å². The first-order valence-electron chi connectivity index (χ1n) is 9.46. The Hall–Kier alpha value is -1.91. The molecule has 2 aliphatic heterocycles. The van der Waals surface area contributed by atoms with Crippen LogP contribution in [0.3, 0.4) is 0 Å². The van der Waals surface area contributed by atoms with Gasteiger partial charge in [-0.1, -0.05) is 42.5 Å². The van der Waals surface area contributed by atoms with E-state index in [0.717, 1.165) is 51.9 Å². The Morgan fingerprint density at radius 1 is 1.00 bits per heavy atom. The summed E-state index contributed by atoms with van der Waals surface area (Å²) in [5, 5.41) is 2.68. The lowest BCUT2D eigenvalue weighted by Crippen LogP contribution is -2.50. The number of hydrogen-bond donors (Lipinski definition) is 1. The van der Waals surface area contributed by atoms with Gasteiger partial charge in [0.05, 0.1) is 6.04 Å². The predicted molar refractivity (Wildman–Crippen MR) is 101 cm³/mol. The number of carbonyl (C=O) groups is 1. The zero-order chi connectivity index (χ0) is 17.2. The Morgan fingerprint density at radius 3 is 2.56 bits per heavy atom. The van der Waals surface area contributed by atoms with Gasteiger partial charge in [-0.05, 0) is 61.7 Å². The number of rotatable bonds is 4. The molecule has 2 fully saturated rings. The van der Waals surface area contributed by atoms with Crippen molar-refractivity contribution in [2.24, 2.45) is 5.73 Å². The lowest BCUT2D eigenvalue weighted by molar-refractivity contribution is -0.123. The molecule has 4 nitrogen and oxygen atoms in total. The second kappa shape index (κ2) is 7.14. The number of hydrogen-bond acceptors (Lipinski definition) is 3. The van der Waals surface area contributed by atoms with E-state index in [2.05, 4.69) is 52.3 Å². The quantitative estimate of drug-likeness (QED) is 0.933. The summed E-state index contributed by atoms with van der Waals surface area (Å²) >= 11 is 0. The average Bonchev–Trinajstić information content (AvgIpc) is 3.13. The zero-order valence-electron chi connectivity index (χ0n) is 14.7. The molecule has 4 rings (SSSR count). The minimum atomic E-state index is -0.143. The molecule has 1 amide bonds. The molecule has 0 spiro atoms. The lowest BCUT2D eigenvalue weighted by atomic mass is 10.00. The highest BCUT2D eigenvalue weighted by Gasteiger charge is 2.35. The van der Waals surface area contributed by atoms with Crippen LogP contribution in [0, 0.1) is 0 Å². The van der Waals surface area contributed by atoms with Crippen molar-refractivity contribution >= 4 is 16.7 Å². The van der Waals surface area contributed by atoms with Gasteiger partial charge in [0.2, 0.25) is 5.91 Å². The summed E-state index contributed by atoms with van der Waals surface area (Å²) in [6, 6.07) is 15.7. The molecule has 2 aromatic carbocycles. The predicted octanol–water partition coefficient (Wildman–Crippen LogP) is 2.75. The summed E-state index contributed by atoms with van der Waals surface area (Å²) in [4.78, 5) is 16.6. The number of carbonyl (C=O) groups excluding carboxylic acids is 1. The third-order valence-electron chi connectivity index (χ3n) is 5.92. The van der Waals surface area contributed by atoms with Gasteiger partial charge in [0.15, 0.2) is 0 Å². The molecule has 0 aliphatic carbocycles. The van der Waals surface area contributed by atoms with Crippen LogP contribution in [0.1, 0.15) is 31.2 Å². The Morgan fingerprint density at radius 2 is 1.76 bits per heavy atom. The smallest absolute Gasteiger partial charge is 0.234 e. The number of amides is 1. The van der Waals surface area contributed by atoms with Crippen molar-refractivity contribution in [2.45, 2.75) is 44.3 Å². The van der Waals surface area contributed by atoms with Crippen molar-refractivity contribution in [3.63, 3.8) is 0 Å². The molecule has 2 aromatic rings. The maximum absolute atomic E-state index is 11.7. The largest absolute Gasteiger partial charge is 0.368 e. The van der Waals surface area contributed by atoms with Crippen molar-refractivity contribution in [1.29, 1.82) is 0 Å². The maximum atomic E-state index is 11.7. The molecule has 25 heavy (non-hydrogen) atoms. The maximum Gasteiger partial charge on any atom is 0.234 e. The molecule has 2 heterocycles. The molecule has 2 N–H and O–H groups in total. The van der Waals surface area contributed by atoms with E-state index in [1.807, 2.05) is 0 Å². The van der Waals surface area contributed by atoms with Crippen LogP contribution in [0.25, 0.3) is 10.8 Å². The summed E-state index contributed by atoms with van der Waals surface area (Å²) in [5.74, 6) is -0.143. The van der Waals surface area contributed by atoms with Gasteiger partial charge in [-0.15, -0.1) is 0 Å². The van der Waals surface area contributed by atoms with Crippen LogP contribution in [-0.4, -0.2) is 47.4 Å². The number of nitrogens with zero attached hydrogens (tertiary/aromatic N) is 2. The molecule has 132 valence electrons. The molecule has 0 aromatic heterocycles. The lowest BCUT2D eigenvalue weighted by Gasteiger charge is -2.38. The molecular weight excluding hydrogens is 310 g/mol. The van der Waals surface area contributed by atoms with Crippen LogP contribution >= 0.6 is 0 Å². The number of nitrogens with two attached hydrogens (primary N) is 1. The second-order valence-corrected chi connectivity index (χ2v) is 7.44. The molecule has 2 saturated heterocycles. The monoisotopic (exact) mass is 337 g/mol. The summed E-state index contributed by atoms with van der Waals surface area (Å²) in [6.45, 7) is 4.22. The van der Waals surface area contributed by atoms with Crippen LogP contribution in [0.15, 0.2) is 42.5 Å². The highest BCUT2D eigenvalue weighted by atomic mass is 16.1. The van der Waals surface area contributed by atoms with E-state index in [9.17, 15) is 4.79 Å². The number of primary amides is 1. The van der Waals surface area contributed by atoms with Crippen LogP contribution in [0.4, 0.5) is 0 Å². The Kier molecular flexibility index (Phi) is 4.73. The van der Waals surface area contributed by atoms with Crippen LogP contribution in [0.5, 0.6) is 0 Å². The van der Waals surface area contributed by atoms with Crippen LogP contribution in [-0.2, 0) is 11.3 Å². The Balaban J connectivity index is 1.40. The van der Waals surface area contributed by atoms with E-state index in [4.69, 9.17) is 5.73 Å². The standard InChI is InChI=1S/C21H27N3O/c22-21(25)20-9-4-12-24(20)18-10-13-23(14-11-18)15-17-7-3-6-16-5-1-2-8-19(16)17/h1-3,5-8,18,20H,4,9-15H2,(H2,22,25)/t20-/m0/s1. The van der Waals surface area contributed by atoms with Crippen LogP contribution < -0.4 is 5.73 Å². The fourth-order valence-electron chi connectivity index (χ4n) is 4.61. The molecule has 0 unspecified atom stereocenters. The summed E-state index contributed by atoms with van der Waals surface area (Å²) in [5.41, 5.74) is 7.00. The molecule has 0 bridgehead atoms. The minimum Gasteiger partial charge on any atom is -0.368 e. The van der Waals surface area contributed by atoms with Crippen molar-refractivity contribution < 1.29 is 4.79 Å². The van der Waals surface area contributed by atoms with E-state index >= 15 is 0 Å². The summed E-state index contributed by atoms with van der Waals surface area (Å²) < 4.78 is 0. The molecule has 2 aliphatic rings. The summed E-state index contributed by atoms with van der Waals surface area (Å²) in [6.07, 6.45) is 4.30. The highest BCUT2D eigenvalue weighted by molar-refractivity contribution is 5.85. The normalized spacial score (nSPS) is 23.3. The van der Waals surface area contributed by atoms with Gasteiger partial charge in [0.25, 0.3) is 0 Å². The van der Waals surface area contributed by atoms with E-state index in [1.165, 1.54) is 16.3 Å². The second-order valence-electron chi connectivity index (χ2n) is 7.44.